The summed E-state index contributed by atoms with van der Waals surface area (Å²) in [6.07, 6.45) is 2.85. The quantitative estimate of drug-likeness (QED) is 0.525. The number of nitrogens with one attached hydrogen (secondary N) is 2. The van der Waals surface area contributed by atoms with Crippen LogP contribution in [0.25, 0.3) is 22.4 Å². The topological polar surface area (TPSA) is 136 Å². The lowest BCUT2D eigenvalue weighted by molar-refractivity contribution is -0.120. The molecule has 1 amide bonds. The second-order valence-corrected chi connectivity index (χ2v) is 9.45. The van der Waals surface area contributed by atoms with Gasteiger partial charge in [-0.2, -0.15) is 5.10 Å². The zero-order chi connectivity index (χ0) is 23.0. The minimum absolute atomic E-state index is 0.118. The maximum Gasteiger partial charge on any atom is 0.277 e. The highest BCUT2D eigenvalue weighted by atomic mass is 32.2. The predicted molar refractivity (Wildman–Crippen MR) is 118 cm³/mol. The number of hydrogen-bond donors (Lipinski definition) is 2. The molecule has 10 nitrogen and oxygen atoms in total. The van der Waals surface area contributed by atoms with Crippen molar-refractivity contribution in [3.63, 3.8) is 0 Å². The lowest BCUT2D eigenvalue weighted by atomic mass is 10.1. The standard InChI is InChI=1S/C21H25N5O5S/c1-4-6-15-17-18(26(3)24-15)21(28)23-19(22-17)14-11-13(9-10-16(14)31-5-2)32(29,30)25-20(27)12-7-8-12/h9-12H,4-8H2,1-3H3,(H,25,27)(H,22,23,28). The van der Waals surface area contributed by atoms with E-state index in [0.717, 1.165) is 6.42 Å². The summed E-state index contributed by atoms with van der Waals surface area (Å²) in [5.41, 5.74) is 1.41. The molecule has 0 unspecified atom stereocenters. The zero-order valence-corrected chi connectivity index (χ0v) is 19.0. The Kier molecular flexibility index (Phi) is 5.76. The van der Waals surface area contributed by atoms with Crippen molar-refractivity contribution in [1.29, 1.82) is 0 Å². The summed E-state index contributed by atoms with van der Waals surface area (Å²) in [5.74, 6) is -0.229. The Morgan fingerprint density at radius 1 is 1.31 bits per heavy atom. The third kappa shape index (κ3) is 4.12. The molecule has 4 rings (SSSR count). The molecule has 0 atom stereocenters. The molecular weight excluding hydrogens is 434 g/mol. The van der Waals surface area contributed by atoms with E-state index in [1.807, 2.05) is 6.92 Å². The summed E-state index contributed by atoms with van der Waals surface area (Å²) in [7, 11) is -2.40. The van der Waals surface area contributed by atoms with Crippen LogP contribution in [0.1, 0.15) is 38.8 Å². The predicted octanol–water partition coefficient (Wildman–Crippen LogP) is 1.89. The molecule has 0 radical (unpaired) electrons. The Morgan fingerprint density at radius 3 is 2.72 bits per heavy atom. The van der Waals surface area contributed by atoms with Crippen molar-refractivity contribution in [1.82, 2.24) is 24.5 Å². The molecule has 170 valence electrons. The third-order valence-corrected chi connectivity index (χ3v) is 6.59. The van der Waals surface area contributed by atoms with E-state index in [4.69, 9.17) is 4.74 Å². The normalized spacial score (nSPS) is 14.0. The molecule has 1 aromatic carbocycles. The molecule has 0 aliphatic heterocycles. The van der Waals surface area contributed by atoms with E-state index in [9.17, 15) is 18.0 Å². The van der Waals surface area contributed by atoms with Gasteiger partial charge in [-0.1, -0.05) is 13.3 Å². The molecule has 2 heterocycles. The van der Waals surface area contributed by atoms with Gasteiger partial charge in [0.15, 0.2) is 5.52 Å². The average Bonchev–Trinajstić information content (AvgIpc) is 3.54. The first kappa shape index (κ1) is 22.0. The second kappa shape index (κ2) is 8.38. The number of fused-ring (bicyclic) bond motifs is 1. The van der Waals surface area contributed by atoms with Gasteiger partial charge in [0.05, 0.1) is 22.8 Å². The van der Waals surface area contributed by atoms with Crippen molar-refractivity contribution in [3.05, 3.63) is 34.2 Å². The van der Waals surface area contributed by atoms with Gasteiger partial charge in [-0.3, -0.25) is 14.3 Å². The minimum atomic E-state index is -4.08. The van der Waals surface area contributed by atoms with Crippen LogP contribution in [0.15, 0.2) is 27.9 Å². The number of hydrogen-bond acceptors (Lipinski definition) is 7. The summed E-state index contributed by atoms with van der Waals surface area (Å²) < 4.78 is 34.8. The molecule has 0 saturated heterocycles. The van der Waals surface area contributed by atoms with Crippen LogP contribution in [-0.4, -0.2) is 40.7 Å². The fourth-order valence-electron chi connectivity index (χ4n) is 3.54. The van der Waals surface area contributed by atoms with E-state index in [1.165, 1.54) is 22.9 Å². The van der Waals surface area contributed by atoms with E-state index in [0.29, 0.717) is 53.9 Å². The first-order chi connectivity index (χ1) is 15.2. The monoisotopic (exact) mass is 459 g/mol. The van der Waals surface area contributed by atoms with Crippen molar-refractivity contribution < 1.29 is 17.9 Å². The van der Waals surface area contributed by atoms with E-state index in [2.05, 4.69) is 19.8 Å². The Labute approximate surface area is 185 Å². The average molecular weight is 460 g/mol. The molecule has 1 saturated carbocycles. The van der Waals surface area contributed by atoms with E-state index in [1.54, 1.807) is 14.0 Å². The molecule has 1 fully saturated rings. The Morgan fingerprint density at radius 2 is 2.06 bits per heavy atom. The van der Waals surface area contributed by atoms with Crippen LogP contribution < -0.4 is 15.0 Å². The smallest absolute Gasteiger partial charge is 0.277 e. The van der Waals surface area contributed by atoms with Gasteiger partial charge >= 0.3 is 0 Å². The van der Waals surface area contributed by atoms with Crippen molar-refractivity contribution >= 4 is 27.0 Å². The van der Waals surface area contributed by atoms with Gasteiger partial charge < -0.3 is 9.72 Å². The number of aryl methyl sites for hydroxylation is 2. The maximum atomic E-state index is 12.8. The molecule has 1 aliphatic rings. The van der Waals surface area contributed by atoms with E-state index < -0.39 is 15.9 Å². The highest BCUT2D eigenvalue weighted by Crippen LogP contribution is 2.32. The van der Waals surface area contributed by atoms with Crippen LogP contribution in [0.2, 0.25) is 0 Å². The number of rotatable bonds is 8. The first-order valence-electron chi connectivity index (χ1n) is 10.5. The number of H-pyrrole nitrogens is 1. The van der Waals surface area contributed by atoms with Gasteiger partial charge in [-0.15, -0.1) is 0 Å². The SMILES string of the molecule is CCCc1nn(C)c2c(=O)[nH]c(-c3cc(S(=O)(=O)NC(=O)C4CC4)ccc3OCC)nc12. The molecule has 0 spiro atoms. The van der Waals surface area contributed by atoms with Gasteiger partial charge in [-0.25, -0.2) is 18.1 Å². The number of aromatic nitrogens is 4. The number of carbonyl (C=O) groups excluding carboxylic acids is 1. The summed E-state index contributed by atoms with van der Waals surface area (Å²) in [6.45, 7) is 4.13. The fourth-order valence-corrected chi connectivity index (χ4v) is 4.61. The lowest BCUT2D eigenvalue weighted by Gasteiger charge is -2.13. The van der Waals surface area contributed by atoms with Crippen LogP contribution in [0, 0.1) is 5.92 Å². The largest absolute Gasteiger partial charge is 0.493 e. The molecular formula is C21H25N5O5S. The first-order valence-corrected chi connectivity index (χ1v) is 12.0. The van der Waals surface area contributed by atoms with Crippen LogP contribution in [0.5, 0.6) is 5.75 Å². The highest BCUT2D eigenvalue weighted by Gasteiger charge is 2.33. The molecule has 11 heteroatoms. The molecule has 3 aromatic rings. The molecule has 0 bridgehead atoms. The van der Waals surface area contributed by atoms with Crippen LogP contribution >= 0.6 is 0 Å². The Hall–Kier alpha value is -3.21. The maximum absolute atomic E-state index is 12.8. The zero-order valence-electron chi connectivity index (χ0n) is 18.1. The summed E-state index contributed by atoms with van der Waals surface area (Å²) >= 11 is 0. The Balaban J connectivity index is 1.85. The van der Waals surface area contributed by atoms with Crippen molar-refractivity contribution in [2.45, 2.75) is 44.4 Å². The van der Waals surface area contributed by atoms with Crippen LogP contribution in [-0.2, 0) is 28.3 Å². The number of amides is 1. The van der Waals surface area contributed by atoms with Gasteiger partial charge in [0.25, 0.3) is 15.6 Å². The highest BCUT2D eigenvalue weighted by molar-refractivity contribution is 7.90. The summed E-state index contributed by atoms with van der Waals surface area (Å²) in [6, 6.07) is 4.21. The van der Waals surface area contributed by atoms with Gasteiger partial charge in [0, 0.05) is 13.0 Å². The number of benzene rings is 1. The Bertz CT molecular complexity index is 1350. The number of carbonyl (C=O) groups is 1. The number of aromatic amines is 1. The van der Waals surface area contributed by atoms with Gasteiger partial charge in [-0.05, 0) is 44.4 Å². The fraction of sp³-hybridized carbons (Fsp3) is 0.429. The van der Waals surface area contributed by atoms with Crippen molar-refractivity contribution in [2.24, 2.45) is 13.0 Å². The van der Waals surface area contributed by atoms with E-state index >= 15 is 0 Å². The molecule has 32 heavy (non-hydrogen) atoms. The molecule has 2 N–H and O–H groups in total. The second-order valence-electron chi connectivity index (χ2n) is 7.77. The number of sulfonamides is 1. The van der Waals surface area contributed by atoms with E-state index in [-0.39, 0.29) is 22.2 Å². The molecule has 1 aliphatic carbocycles. The minimum Gasteiger partial charge on any atom is -0.493 e. The van der Waals surface area contributed by atoms with Crippen LogP contribution in [0.4, 0.5) is 0 Å². The van der Waals surface area contributed by atoms with Crippen molar-refractivity contribution in [2.75, 3.05) is 6.61 Å². The molecule has 2 aromatic heterocycles. The number of nitrogens with zero attached hydrogens (tertiary/aromatic N) is 3. The third-order valence-electron chi connectivity index (χ3n) is 5.25. The number of ether oxygens (including phenoxy) is 1. The van der Waals surface area contributed by atoms with Crippen LogP contribution in [0.3, 0.4) is 0 Å². The van der Waals surface area contributed by atoms with Gasteiger partial charge in [0.2, 0.25) is 5.91 Å². The summed E-state index contributed by atoms with van der Waals surface area (Å²) in [4.78, 5) is 32.1. The summed E-state index contributed by atoms with van der Waals surface area (Å²) in [5, 5.41) is 4.41. The lowest BCUT2D eigenvalue weighted by Crippen LogP contribution is -2.31. The van der Waals surface area contributed by atoms with Gasteiger partial charge in [0.1, 0.15) is 17.1 Å². The van der Waals surface area contributed by atoms with Crippen molar-refractivity contribution in [3.8, 4) is 17.1 Å².